The number of carbonyl (C=O) groups excluding carboxylic acids is 2. The lowest BCUT2D eigenvalue weighted by atomic mass is 10.1. The van der Waals surface area contributed by atoms with E-state index in [0.717, 1.165) is 11.3 Å². The third-order valence-electron chi connectivity index (χ3n) is 4.25. The largest absolute Gasteiger partial charge is 0.312 e. The first-order valence-electron chi connectivity index (χ1n) is 8.17. The Kier molecular flexibility index (Phi) is 4.38. The molecule has 0 saturated carbocycles. The number of aryl methyl sites for hydroxylation is 1. The molecule has 0 aliphatic carbocycles. The van der Waals surface area contributed by atoms with Crippen molar-refractivity contribution in [2.45, 2.75) is 33.2 Å². The molecule has 1 aliphatic heterocycles. The molecule has 6 nitrogen and oxygen atoms in total. The monoisotopic (exact) mass is 326 g/mol. The number of anilines is 2. The van der Waals surface area contributed by atoms with Crippen molar-refractivity contribution in [3.63, 3.8) is 0 Å². The van der Waals surface area contributed by atoms with E-state index < -0.39 is 0 Å². The van der Waals surface area contributed by atoms with Gasteiger partial charge in [0.1, 0.15) is 5.82 Å². The second-order valence-electron chi connectivity index (χ2n) is 6.48. The quantitative estimate of drug-likeness (QED) is 0.939. The maximum absolute atomic E-state index is 12.5. The van der Waals surface area contributed by atoms with E-state index >= 15 is 0 Å². The Hall–Kier alpha value is -2.63. The Labute approximate surface area is 141 Å². The van der Waals surface area contributed by atoms with Gasteiger partial charge in [-0.1, -0.05) is 17.7 Å². The number of aromatic nitrogens is 2. The van der Waals surface area contributed by atoms with Crippen LogP contribution in [0.3, 0.4) is 0 Å². The second kappa shape index (κ2) is 6.47. The molecule has 1 aromatic carbocycles. The first-order chi connectivity index (χ1) is 11.5. The first-order valence-corrected chi connectivity index (χ1v) is 8.17. The van der Waals surface area contributed by atoms with Crippen LogP contribution in [-0.4, -0.2) is 28.1 Å². The predicted octanol–water partition coefficient (Wildman–Crippen LogP) is 2.76. The maximum Gasteiger partial charge on any atom is 0.230 e. The van der Waals surface area contributed by atoms with Crippen LogP contribution in [0.1, 0.15) is 31.9 Å². The van der Waals surface area contributed by atoms with Crippen LogP contribution in [0, 0.1) is 12.8 Å². The molecule has 1 fully saturated rings. The summed E-state index contributed by atoms with van der Waals surface area (Å²) < 4.78 is 1.76. The number of rotatable bonds is 4. The lowest BCUT2D eigenvalue weighted by Gasteiger charge is -2.17. The average molecular weight is 326 g/mol. The standard InChI is InChI=1S/C18H22N4O2/c1-12(2)22-16(8-9-19-22)20-18(24)14-10-17(23)21(11-14)15-6-4-13(3)5-7-15/h4-9,12,14H,10-11H2,1-3H3,(H,20,24)/t14-/m1/s1. The molecule has 0 unspecified atom stereocenters. The molecule has 24 heavy (non-hydrogen) atoms. The smallest absolute Gasteiger partial charge is 0.230 e. The minimum atomic E-state index is -0.352. The highest BCUT2D eigenvalue weighted by Gasteiger charge is 2.35. The Morgan fingerprint density at radius 2 is 1.96 bits per heavy atom. The number of benzene rings is 1. The van der Waals surface area contributed by atoms with Crippen LogP contribution in [0.5, 0.6) is 0 Å². The van der Waals surface area contributed by atoms with Gasteiger partial charge in [-0.05, 0) is 32.9 Å². The zero-order valence-corrected chi connectivity index (χ0v) is 14.2. The van der Waals surface area contributed by atoms with Crippen molar-refractivity contribution >= 4 is 23.3 Å². The van der Waals surface area contributed by atoms with E-state index in [2.05, 4.69) is 10.4 Å². The fourth-order valence-corrected chi connectivity index (χ4v) is 2.91. The normalized spacial score (nSPS) is 17.6. The summed E-state index contributed by atoms with van der Waals surface area (Å²) in [5, 5.41) is 7.10. The van der Waals surface area contributed by atoms with Crippen LogP contribution in [0.25, 0.3) is 0 Å². The highest BCUT2D eigenvalue weighted by atomic mass is 16.2. The molecule has 3 rings (SSSR count). The van der Waals surface area contributed by atoms with Gasteiger partial charge in [0.25, 0.3) is 0 Å². The van der Waals surface area contributed by atoms with Gasteiger partial charge in [-0.15, -0.1) is 0 Å². The molecular weight excluding hydrogens is 304 g/mol. The number of carbonyl (C=O) groups is 2. The molecular formula is C18H22N4O2. The van der Waals surface area contributed by atoms with Gasteiger partial charge in [0.15, 0.2) is 0 Å². The molecule has 0 spiro atoms. The summed E-state index contributed by atoms with van der Waals surface area (Å²) in [6.45, 7) is 6.41. The topological polar surface area (TPSA) is 67.2 Å². The number of nitrogens with one attached hydrogen (secondary N) is 1. The van der Waals surface area contributed by atoms with Gasteiger partial charge in [0, 0.05) is 30.8 Å². The van der Waals surface area contributed by atoms with Crippen LogP contribution in [-0.2, 0) is 9.59 Å². The van der Waals surface area contributed by atoms with Crippen LogP contribution < -0.4 is 10.2 Å². The van der Waals surface area contributed by atoms with Crippen molar-refractivity contribution < 1.29 is 9.59 Å². The van der Waals surface area contributed by atoms with Crippen molar-refractivity contribution in [1.82, 2.24) is 9.78 Å². The Bertz CT molecular complexity index is 749. The van der Waals surface area contributed by atoms with Crippen LogP contribution in [0.4, 0.5) is 11.5 Å². The number of hydrogen-bond acceptors (Lipinski definition) is 3. The fourth-order valence-electron chi connectivity index (χ4n) is 2.91. The lowest BCUT2D eigenvalue weighted by Crippen LogP contribution is -2.28. The van der Waals surface area contributed by atoms with E-state index in [1.807, 2.05) is 45.0 Å². The summed E-state index contributed by atoms with van der Waals surface area (Å²) in [6.07, 6.45) is 1.89. The molecule has 1 aliphatic rings. The summed E-state index contributed by atoms with van der Waals surface area (Å²) in [5.41, 5.74) is 1.98. The Balaban J connectivity index is 1.70. The van der Waals surface area contributed by atoms with Crippen LogP contribution in [0.15, 0.2) is 36.5 Å². The molecule has 2 heterocycles. The van der Waals surface area contributed by atoms with Gasteiger partial charge in [0.2, 0.25) is 11.8 Å². The minimum absolute atomic E-state index is 0.0172. The van der Waals surface area contributed by atoms with E-state index in [-0.39, 0.29) is 30.2 Å². The van der Waals surface area contributed by atoms with Crippen molar-refractivity contribution in [1.29, 1.82) is 0 Å². The van der Waals surface area contributed by atoms with E-state index in [1.165, 1.54) is 0 Å². The molecule has 0 bridgehead atoms. The number of hydrogen-bond donors (Lipinski definition) is 1. The molecule has 1 aromatic heterocycles. The number of amides is 2. The Morgan fingerprint density at radius 1 is 1.25 bits per heavy atom. The van der Waals surface area contributed by atoms with Gasteiger partial charge in [0.05, 0.1) is 12.1 Å². The molecule has 1 saturated heterocycles. The molecule has 2 amide bonds. The fraction of sp³-hybridized carbons (Fsp3) is 0.389. The summed E-state index contributed by atoms with van der Waals surface area (Å²) in [6, 6.07) is 9.70. The van der Waals surface area contributed by atoms with Crippen molar-refractivity contribution in [3.05, 3.63) is 42.1 Å². The van der Waals surface area contributed by atoms with Gasteiger partial charge in [-0.2, -0.15) is 5.10 Å². The SMILES string of the molecule is Cc1ccc(N2C[C@H](C(=O)Nc3ccnn3C(C)C)CC2=O)cc1. The van der Waals surface area contributed by atoms with Gasteiger partial charge < -0.3 is 10.2 Å². The zero-order valence-electron chi connectivity index (χ0n) is 14.2. The molecule has 126 valence electrons. The predicted molar refractivity (Wildman–Crippen MR) is 92.9 cm³/mol. The van der Waals surface area contributed by atoms with Crippen molar-refractivity contribution in [3.8, 4) is 0 Å². The highest BCUT2D eigenvalue weighted by molar-refractivity contribution is 6.03. The third-order valence-corrected chi connectivity index (χ3v) is 4.25. The molecule has 6 heteroatoms. The lowest BCUT2D eigenvalue weighted by molar-refractivity contribution is -0.122. The first kappa shape index (κ1) is 16.2. The van der Waals surface area contributed by atoms with E-state index in [0.29, 0.717) is 12.4 Å². The maximum atomic E-state index is 12.5. The summed E-state index contributed by atoms with van der Waals surface area (Å²) in [5.74, 6) is 0.155. The molecule has 1 atom stereocenters. The van der Waals surface area contributed by atoms with E-state index in [9.17, 15) is 9.59 Å². The highest BCUT2D eigenvalue weighted by Crippen LogP contribution is 2.26. The number of nitrogens with zero attached hydrogens (tertiary/aromatic N) is 3. The Morgan fingerprint density at radius 3 is 2.62 bits per heavy atom. The van der Waals surface area contributed by atoms with Crippen LogP contribution >= 0.6 is 0 Å². The van der Waals surface area contributed by atoms with E-state index in [1.54, 1.807) is 21.8 Å². The van der Waals surface area contributed by atoms with E-state index in [4.69, 9.17) is 0 Å². The van der Waals surface area contributed by atoms with Gasteiger partial charge in [-0.3, -0.25) is 9.59 Å². The van der Waals surface area contributed by atoms with Gasteiger partial charge >= 0.3 is 0 Å². The molecule has 1 N–H and O–H groups in total. The molecule has 0 radical (unpaired) electrons. The third kappa shape index (κ3) is 3.18. The minimum Gasteiger partial charge on any atom is -0.312 e. The summed E-state index contributed by atoms with van der Waals surface area (Å²) >= 11 is 0. The molecule has 2 aromatic rings. The van der Waals surface area contributed by atoms with Crippen molar-refractivity contribution in [2.24, 2.45) is 5.92 Å². The van der Waals surface area contributed by atoms with Gasteiger partial charge in [-0.25, -0.2) is 4.68 Å². The van der Waals surface area contributed by atoms with Crippen molar-refractivity contribution in [2.75, 3.05) is 16.8 Å². The zero-order chi connectivity index (χ0) is 17.3. The van der Waals surface area contributed by atoms with Crippen LogP contribution in [0.2, 0.25) is 0 Å². The second-order valence-corrected chi connectivity index (χ2v) is 6.48. The average Bonchev–Trinajstić information content (AvgIpc) is 3.15. The summed E-state index contributed by atoms with van der Waals surface area (Å²) in [7, 11) is 0. The summed E-state index contributed by atoms with van der Waals surface area (Å²) in [4.78, 5) is 26.5.